The van der Waals surface area contributed by atoms with Crippen LogP contribution in [0.4, 0.5) is 5.69 Å². The topological polar surface area (TPSA) is 75.0 Å². The molecular formula is C15H24N4O. The minimum atomic E-state index is -0.0452. The molecule has 2 fully saturated rings. The number of hydrogen-bond donors (Lipinski definition) is 2. The molecule has 5 nitrogen and oxygen atoms in total. The number of nitrogens with zero attached hydrogens (tertiary/aromatic N) is 2. The normalized spacial score (nSPS) is 20.1. The summed E-state index contributed by atoms with van der Waals surface area (Å²) in [6.45, 7) is 0.823. The highest BCUT2D eigenvalue weighted by Gasteiger charge is 2.31. The molecule has 0 saturated heterocycles. The third kappa shape index (κ3) is 2.67. The second-order valence-electron chi connectivity index (χ2n) is 6.36. The van der Waals surface area contributed by atoms with E-state index in [9.17, 15) is 4.79 Å². The summed E-state index contributed by atoms with van der Waals surface area (Å²) in [5.74, 6) is 1.09. The van der Waals surface area contributed by atoms with Crippen LogP contribution >= 0.6 is 0 Å². The van der Waals surface area contributed by atoms with E-state index in [1.165, 1.54) is 32.1 Å². The highest BCUT2D eigenvalue weighted by atomic mass is 16.2. The number of carbonyl (C=O) groups is 1. The fourth-order valence-electron chi connectivity index (χ4n) is 3.23. The number of aromatic amines is 1. The molecular weight excluding hydrogens is 252 g/mol. The number of hydrogen-bond acceptors (Lipinski definition) is 3. The molecule has 2 aliphatic rings. The van der Waals surface area contributed by atoms with Crippen LogP contribution < -0.4 is 5.73 Å². The van der Waals surface area contributed by atoms with Crippen LogP contribution in [0.3, 0.4) is 0 Å². The Bertz CT molecular complexity index is 486. The van der Waals surface area contributed by atoms with Gasteiger partial charge in [0.15, 0.2) is 5.69 Å². The van der Waals surface area contributed by atoms with Gasteiger partial charge in [-0.3, -0.25) is 9.89 Å². The Kier molecular flexibility index (Phi) is 3.68. The fourth-order valence-corrected chi connectivity index (χ4v) is 3.23. The molecule has 5 heteroatoms. The molecule has 2 saturated carbocycles. The maximum atomic E-state index is 12.5. The van der Waals surface area contributed by atoms with Crippen molar-refractivity contribution >= 4 is 11.6 Å². The number of carbonyl (C=O) groups excluding carboxylic acids is 1. The summed E-state index contributed by atoms with van der Waals surface area (Å²) in [4.78, 5) is 14.2. The zero-order valence-electron chi connectivity index (χ0n) is 12.2. The molecule has 2 aliphatic carbocycles. The first-order chi connectivity index (χ1) is 9.66. The van der Waals surface area contributed by atoms with E-state index in [2.05, 4.69) is 10.2 Å². The first kappa shape index (κ1) is 13.5. The van der Waals surface area contributed by atoms with Crippen molar-refractivity contribution < 1.29 is 4.79 Å². The first-order valence-corrected chi connectivity index (χ1v) is 7.76. The Balaban J connectivity index is 1.65. The van der Waals surface area contributed by atoms with Gasteiger partial charge in [0.2, 0.25) is 0 Å². The van der Waals surface area contributed by atoms with Gasteiger partial charge in [-0.1, -0.05) is 19.3 Å². The Morgan fingerprint density at radius 3 is 2.65 bits per heavy atom. The third-order valence-electron chi connectivity index (χ3n) is 4.63. The largest absolute Gasteiger partial charge is 0.395 e. The SMILES string of the molecule is CN(CC1CCCCC1)C(=O)c1n[nH]c(C2CC2)c1N. The molecule has 0 unspecified atom stereocenters. The van der Waals surface area contributed by atoms with Crippen molar-refractivity contribution in [2.75, 3.05) is 19.3 Å². The van der Waals surface area contributed by atoms with Gasteiger partial charge < -0.3 is 10.6 Å². The zero-order valence-corrected chi connectivity index (χ0v) is 12.2. The highest BCUT2D eigenvalue weighted by Crippen LogP contribution is 2.42. The van der Waals surface area contributed by atoms with Crippen LogP contribution in [-0.2, 0) is 0 Å². The quantitative estimate of drug-likeness (QED) is 0.887. The molecule has 1 amide bonds. The zero-order chi connectivity index (χ0) is 14.1. The molecule has 20 heavy (non-hydrogen) atoms. The van der Waals surface area contributed by atoms with Gasteiger partial charge in [0.05, 0.1) is 11.4 Å². The van der Waals surface area contributed by atoms with Crippen molar-refractivity contribution in [3.05, 3.63) is 11.4 Å². The molecule has 0 aromatic carbocycles. The predicted octanol–water partition coefficient (Wildman–Crippen LogP) is 2.52. The van der Waals surface area contributed by atoms with Crippen LogP contribution in [0.5, 0.6) is 0 Å². The van der Waals surface area contributed by atoms with E-state index in [-0.39, 0.29) is 5.91 Å². The summed E-state index contributed by atoms with van der Waals surface area (Å²) >= 11 is 0. The van der Waals surface area contributed by atoms with Crippen LogP contribution in [-0.4, -0.2) is 34.6 Å². The van der Waals surface area contributed by atoms with E-state index >= 15 is 0 Å². The molecule has 3 N–H and O–H groups in total. The predicted molar refractivity (Wildman–Crippen MR) is 78.5 cm³/mol. The third-order valence-corrected chi connectivity index (χ3v) is 4.63. The van der Waals surface area contributed by atoms with Crippen LogP contribution in [0.25, 0.3) is 0 Å². The molecule has 1 heterocycles. The average Bonchev–Trinajstić information content (AvgIpc) is 3.22. The number of nitrogens with two attached hydrogens (primary N) is 1. The second-order valence-corrected chi connectivity index (χ2v) is 6.36. The number of rotatable bonds is 4. The summed E-state index contributed by atoms with van der Waals surface area (Å²) in [5, 5.41) is 7.10. The molecule has 110 valence electrons. The molecule has 1 aromatic rings. The van der Waals surface area contributed by atoms with E-state index in [0.29, 0.717) is 23.2 Å². The lowest BCUT2D eigenvalue weighted by molar-refractivity contribution is 0.0756. The van der Waals surface area contributed by atoms with Gasteiger partial charge in [-0.15, -0.1) is 0 Å². The van der Waals surface area contributed by atoms with E-state index in [1.54, 1.807) is 4.90 Å². The summed E-state index contributed by atoms with van der Waals surface area (Å²) < 4.78 is 0. The van der Waals surface area contributed by atoms with Crippen molar-refractivity contribution in [2.45, 2.75) is 50.9 Å². The van der Waals surface area contributed by atoms with E-state index in [0.717, 1.165) is 25.1 Å². The van der Waals surface area contributed by atoms with Crippen molar-refractivity contribution in [1.82, 2.24) is 15.1 Å². The monoisotopic (exact) mass is 276 g/mol. The Morgan fingerprint density at radius 2 is 2.00 bits per heavy atom. The van der Waals surface area contributed by atoms with Crippen LogP contribution in [0.15, 0.2) is 0 Å². The number of anilines is 1. The van der Waals surface area contributed by atoms with Crippen LogP contribution in [0.1, 0.15) is 67.0 Å². The molecule has 1 aromatic heterocycles. The summed E-state index contributed by atoms with van der Waals surface area (Å²) in [6, 6.07) is 0. The molecule has 0 bridgehead atoms. The first-order valence-electron chi connectivity index (χ1n) is 7.76. The average molecular weight is 276 g/mol. The van der Waals surface area contributed by atoms with Gasteiger partial charge >= 0.3 is 0 Å². The van der Waals surface area contributed by atoms with Gasteiger partial charge in [0.25, 0.3) is 5.91 Å². The molecule has 0 atom stereocenters. The second kappa shape index (κ2) is 5.46. The maximum absolute atomic E-state index is 12.5. The summed E-state index contributed by atoms with van der Waals surface area (Å²) in [6.07, 6.45) is 8.70. The molecule has 3 rings (SSSR count). The maximum Gasteiger partial charge on any atom is 0.276 e. The van der Waals surface area contributed by atoms with Crippen molar-refractivity contribution in [2.24, 2.45) is 5.92 Å². The van der Waals surface area contributed by atoms with Gasteiger partial charge in [0, 0.05) is 19.5 Å². The smallest absolute Gasteiger partial charge is 0.276 e. The number of amides is 1. The van der Waals surface area contributed by atoms with E-state index in [1.807, 2.05) is 7.05 Å². The minimum Gasteiger partial charge on any atom is -0.395 e. The lowest BCUT2D eigenvalue weighted by Gasteiger charge is -2.26. The molecule has 0 spiro atoms. The summed E-state index contributed by atoms with van der Waals surface area (Å²) in [5.41, 5.74) is 8.00. The fraction of sp³-hybridized carbons (Fsp3) is 0.733. The Labute approximate surface area is 119 Å². The van der Waals surface area contributed by atoms with Crippen LogP contribution in [0, 0.1) is 5.92 Å². The number of aromatic nitrogens is 2. The lowest BCUT2D eigenvalue weighted by atomic mass is 9.89. The van der Waals surface area contributed by atoms with Gasteiger partial charge in [-0.05, 0) is 31.6 Å². The highest BCUT2D eigenvalue weighted by molar-refractivity contribution is 5.97. The number of H-pyrrole nitrogens is 1. The number of nitrogen functional groups attached to an aromatic ring is 1. The standard InChI is InChI=1S/C15H24N4O/c1-19(9-10-5-3-2-4-6-10)15(20)14-12(16)13(17-18-14)11-7-8-11/h10-11H,2-9,16H2,1H3,(H,17,18). The lowest BCUT2D eigenvalue weighted by Crippen LogP contribution is -2.33. The minimum absolute atomic E-state index is 0.0452. The van der Waals surface area contributed by atoms with Gasteiger partial charge in [-0.2, -0.15) is 5.10 Å². The van der Waals surface area contributed by atoms with Crippen molar-refractivity contribution in [1.29, 1.82) is 0 Å². The molecule has 0 aliphatic heterocycles. The van der Waals surface area contributed by atoms with Crippen molar-refractivity contribution in [3.8, 4) is 0 Å². The number of nitrogens with one attached hydrogen (secondary N) is 1. The van der Waals surface area contributed by atoms with E-state index < -0.39 is 0 Å². The van der Waals surface area contributed by atoms with Gasteiger partial charge in [-0.25, -0.2) is 0 Å². The van der Waals surface area contributed by atoms with E-state index in [4.69, 9.17) is 5.73 Å². The van der Waals surface area contributed by atoms with Crippen LogP contribution in [0.2, 0.25) is 0 Å². The van der Waals surface area contributed by atoms with Gasteiger partial charge in [0.1, 0.15) is 0 Å². The Hall–Kier alpha value is -1.52. The van der Waals surface area contributed by atoms with Crippen molar-refractivity contribution in [3.63, 3.8) is 0 Å². The summed E-state index contributed by atoms with van der Waals surface area (Å²) in [7, 11) is 1.86. The Morgan fingerprint density at radius 1 is 1.30 bits per heavy atom. The molecule has 0 radical (unpaired) electrons.